The summed E-state index contributed by atoms with van der Waals surface area (Å²) in [4.78, 5) is 11.9. The topological polar surface area (TPSA) is 35.5 Å². The monoisotopic (exact) mass is 254 g/mol. The Bertz CT molecular complexity index is 466. The average Bonchev–Trinajstić information content (AvgIpc) is 2.20. The van der Waals surface area contributed by atoms with E-state index >= 15 is 0 Å². The van der Waals surface area contributed by atoms with Crippen LogP contribution in [0.3, 0.4) is 0 Å². The van der Waals surface area contributed by atoms with E-state index in [9.17, 15) is 4.79 Å². The van der Waals surface area contributed by atoms with Gasteiger partial charge in [0.2, 0.25) is 0 Å². The van der Waals surface area contributed by atoms with Gasteiger partial charge in [0.05, 0.1) is 23.6 Å². The number of carbonyl (C=O) groups excluding carboxylic acids is 1. The van der Waals surface area contributed by atoms with Gasteiger partial charge >= 0.3 is 0 Å². The molecule has 3 nitrogen and oxygen atoms in total. The van der Waals surface area contributed by atoms with Crippen molar-refractivity contribution in [2.75, 3.05) is 6.61 Å². The van der Waals surface area contributed by atoms with Crippen LogP contribution in [0.2, 0.25) is 5.02 Å². The molecule has 4 heteroatoms. The van der Waals surface area contributed by atoms with Crippen LogP contribution in [0.25, 0.3) is 0 Å². The minimum atomic E-state index is -0.471. The lowest BCUT2D eigenvalue weighted by atomic mass is 9.93. The van der Waals surface area contributed by atoms with E-state index in [0.717, 1.165) is 0 Å². The van der Waals surface area contributed by atoms with Crippen molar-refractivity contribution in [2.45, 2.75) is 32.8 Å². The molecule has 1 aromatic rings. The van der Waals surface area contributed by atoms with E-state index in [2.05, 4.69) is 0 Å². The van der Waals surface area contributed by atoms with E-state index in [-0.39, 0.29) is 5.78 Å². The summed E-state index contributed by atoms with van der Waals surface area (Å²) in [6.45, 7) is 6.19. The lowest BCUT2D eigenvalue weighted by Crippen LogP contribution is -2.35. The minimum Gasteiger partial charge on any atom is -0.492 e. The molecule has 0 unspecified atom stereocenters. The predicted octanol–water partition coefficient (Wildman–Crippen LogP) is 3.48. The second kappa shape index (κ2) is 4.22. The molecule has 0 atom stereocenters. The number of carbonyl (C=O) groups is 1. The highest BCUT2D eigenvalue weighted by Gasteiger charge is 2.33. The summed E-state index contributed by atoms with van der Waals surface area (Å²) in [5.74, 6) is 1.17. The van der Waals surface area contributed by atoms with Gasteiger partial charge in [0.15, 0.2) is 5.78 Å². The summed E-state index contributed by atoms with van der Waals surface area (Å²) < 4.78 is 11.2. The number of ether oxygens (including phenoxy) is 2. The third kappa shape index (κ3) is 2.39. The van der Waals surface area contributed by atoms with Crippen LogP contribution in [0.1, 0.15) is 37.6 Å². The molecule has 17 heavy (non-hydrogen) atoms. The number of halogens is 1. The number of rotatable bonds is 2. The molecule has 0 aromatic heterocycles. The van der Waals surface area contributed by atoms with Crippen molar-refractivity contribution < 1.29 is 14.3 Å². The summed E-state index contributed by atoms with van der Waals surface area (Å²) in [5.41, 5.74) is 0.0688. The first-order valence-electron chi connectivity index (χ1n) is 5.61. The Morgan fingerprint density at radius 1 is 1.47 bits per heavy atom. The third-order valence-electron chi connectivity index (χ3n) is 2.61. The van der Waals surface area contributed by atoms with Crippen molar-refractivity contribution in [1.29, 1.82) is 0 Å². The number of Topliss-reactive ketones (excluding diaryl/α,β-unsaturated/α-hetero) is 1. The molecule has 2 rings (SSSR count). The zero-order valence-corrected chi connectivity index (χ0v) is 10.9. The molecular weight excluding hydrogens is 240 g/mol. The van der Waals surface area contributed by atoms with Gasteiger partial charge in [0.25, 0.3) is 0 Å². The molecule has 0 radical (unpaired) electrons. The highest BCUT2D eigenvalue weighted by atomic mass is 35.5. The first-order valence-corrected chi connectivity index (χ1v) is 5.99. The quantitative estimate of drug-likeness (QED) is 0.811. The molecule has 0 bridgehead atoms. The van der Waals surface area contributed by atoms with Crippen LogP contribution in [-0.4, -0.2) is 18.0 Å². The molecule has 0 spiro atoms. The van der Waals surface area contributed by atoms with Crippen molar-refractivity contribution in [2.24, 2.45) is 0 Å². The van der Waals surface area contributed by atoms with Crippen LogP contribution < -0.4 is 9.47 Å². The Morgan fingerprint density at radius 2 is 2.18 bits per heavy atom. The van der Waals surface area contributed by atoms with E-state index in [1.165, 1.54) is 0 Å². The first kappa shape index (κ1) is 12.2. The van der Waals surface area contributed by atoms with Gasteiger partial charge in [0.1, 0.15) is 17.1 Å². The number of ketones is 1. The van der Waals surface area contributed by atoms with Crippen LogP contribution in [-0.2, 0) is 0 Å². The molecule has 1 aliphatic heterocycles. The van der Waals surface area contributed by atoms with Crippen molar-refractivity contribution in [1.82, 2.24) is 0 Å². The molecule has 0 fully saturated rings. The second-order valence-corrected chi connectivity index (χ2v) is 5.08. The van der Waals surface area contributed by atoms with Crippen molar-refractivity contribution in [3.63, 3.8) is 0 Å². The fourth-order valence-electron chi connectivity index (χ4n) is 1.92. The van der Waals surface area contributed by atoms with Gasteiger partial charge in [-0.15, -0.1) is 0 Å². The normalized spacial score (nSPS) is 17.3. The maximum atomic E-state index is 11.9. The fraction of sp³-hybridized carbons (Fsp3) is 0.462. The van der Waals surface area contributed by atoms with E-state index in [0.29, 0.717) is 35.1 Å². The number of benzene rings is 1. The molecule has 0 saturated heterocycles. The number of hydrogen-bond acceptors (Lipinski definition) is 3. The van der Waals surface area contributed by atoms with E-state index in [4.69, 9.17) is 21.1 Å². The lowest BCUT2D eigenvalue weighted by molar-refractivity contribution is 0.0618. The second-order valence-electron chi connectivity index (χ2n) is 4.67. The smallest absolute Gasteiger partial charge is 0.170 e. The Kier molecular flexibility index (Phi) is 3.04. The summed E-state index contributed by atoms with van der Waals surface area (Å²) >= 11 is 6.04. The van der Waals surface area contributed by atoms with Gasteiger partial charge in [-0.25, -0.2) is 0 Å². The van der Waals surface area contributed by atoms with Crippen LogP contribution in [0.4, 0.5) is 0 Å². The van der Waals surface area contributed by atoms with Gasteiger partial charge < -0.3 is 9.47 Å². The molecule has 1 aliphatic rings. The molecule has 0 aliphatic carbocycles. The highest BCUT2D eigenvalue weighted by molar-refractivity contribution is 6.32. The van der Waals surface area contributed by atoms with Crippen molar-refractivity contribution in [3.8, 4) is 11.5 Å². The highest BCUT2D eigenvalue weighted by Crippen LogP contribution is 2.39. The summed E-state index contributed by atoms with van der Waals surface area (Å²) in [5, 5.41) is 0.447. The zero-order chi connectivity index (χ0) is 12.6. The van der Waals surface area contributed by atoms with Crippen molar-refractivity contribution in [3.05, 3.63) is 22.7 Å². The third-order valence-corrected chi connectivity index (χ3v) is 2.90. The number of fused-ring (bicyclic) bond motifs is 1. The predicted molar refractivity (Wildman–Crippen MR) is 66.3 cm³/mol. The van der Waals surface area contributed by atoms with Crippen LogP contribution >= 0.6 is 11.6 Å². The fourth-order valence-corrected chi connectivity index (χ4v) is 2.14. The maximum Gasteiger partial charge on any atom is 0.170 e. The van der Waals surface area contributed by atoms with Crippen LogP contribution in [0.5, 0.6) is 11.5 Å². The Labute approximate surface area is 106 Å². The average molecular weight is 255 g/mol. The SMILES string of the molecule is CCOc1cc2c(cc1Cl)C(=O)CC(C)(C)O2. The number of hydrogen-bond donors (Lipinski definition) is 0. The Hall–Kier alpha value is -1.22. The molecule has 0 saturated carbocycles. The van der Waals surface area contributed by atoms with Crippen molar-refractivity contribution >= 4 is 17.4 Å². The lowest BCUT2D eigenvalue weighted by Gasteiger charge is -2.31. The molecule has 0 amide bonds. The maximum absolute atomic E-state index is 11.9. The summed E-state index contributed by atoms with van der Waals surface area (Å²) in [7, 11) is 0. The van der Waals surface area contributed by atoms with Gasteiger partial charge in [-0.2, -0.15) is 0 Å². The van der Waals surface area contributed by atoms with E-state index < -0.39 is 5.60 Å². The summed E-state index contributed by atoms with van der Waals surface area (Å²) in [6, 6.07) is 3.32. The largest absolute Gasteiger partial charge is 0.492 e. The Morgan fingerprint density at radius 3 is 2.82 bits per heavy atom. The van der Waals surface area contributed by atoms with Gasteiger partial charge in [0, 0.05) is 6.07 Å². The van der Waals surface area contributed by atoms with Gasteiger partial charge in [-0.3, -0.25) is 4.79 Å². The molecule has 1 heterocycles. The first-order chi connectivity index (χ1) is 7.93. The minimum absolute atomic E-state index is 0.0567. The zero-order valence-electron chi connectivity index (χ0n) is 10.2. The van der Waals surface area contributed by atoms with Gasteiger partial charge in [-0.1, -0.05) is 11.6 Å². The van der Waals surface area contributed by atoms with Gasteiger partial charge in [-0.05, 0) is 26.8 Å². The van der Waals surface area contributed by atoms with Crippen LogP contribution in [0, 0.1) is 0 Å². The molecular formula is C13H15ClO3. The van der Waals surface area contributed by atoms with Crippen LogP contribution in [0.15, 0.2) is 12.1 Å². The molecule has 92 valence electrons. The molecule has 0 N–H and O–H groups in total. The Balaban J connectivity index is 2.47. The summed E-state index contributed by atoms with van der Waals surface area (Å²) in [6.07, 6.45) is 0.365. The molecule has 1 aromatic carbocycles. The van der Waals surface area contributed by atoms with E-state index in [1.54, 1.807) is 12.1 Å². The van der Waals surface area contributed by atoms with E-state index in [1.807, 2.05) is 20.8 Å². The standard InChI is InChI=1S/C13H15ClO3/c1-4-16-12-6-11-8(5-9(12)14)10(15)7-13(2,3)17-11/h5-6H,4,7H2,1-3H3.